The minimum atomic E-state index is -0.607. The third-order valence-corrected chi connectivity index (χ3v) is 6.75. The van der Waals surface area contributed by atoms with Crippen LogP contribution in [-0.4, -0.2) is 40.6 Å². The van der Waals surface area contributed by atoms with Crippen LogP contribution in [0.25, 0.3) is 0 Å². The van der Waals surface area contributed by atoms with Crippen molar-refractivity contribution in [1.29, 1.82) is 0 Å². The van der Waals surface area contributed by atoms with Gasteiger partial charge in [0.25, 0.3) is 0 Å². The van der Waals surface area contributed by atoms with Crippen LogP contribution in [0.1, 0.15) is 41.9 Å². The molecule has 0 N–H and O–H groups in total. The fourth-order valence-electron chi connectivity index (χ4n) is 4.85. The summed E-state index contributed by atoms with van der Waals surface area (Å²) in [5.74, 6) is -0.683. The highest BCUT2D eigenvalue weighted by atomic mass is 19.1. The minimum absolute atomic E-state index is 0.0295. The van der Waals surface area contributed by atoms with Crippen LogP contribution in [-0.2, 0) is 11.3 Å². The van der Waals surface area contributed by atoms with E-state index in [1.54, 1.807) is 29.2 Å². The molecule has 0 spiro atoms. The number of ether oxygens (including phenoxy) is 1. The van der Waals surface area contributed by atoms with E-state index in [0.717, 1.165) is 23.1 Å². The van der Waals surface area contributed by atoms with Crippen molar-refractivity contribution < 1.29 is 23.1 Å². The predicted octanol–water partition coefficient (Wildman–Crippen LogP) is 6.09. The van der Waals surface area contributed by atoms with E-state index in [1.807, 2.05) is 30.3 Å². The molecule has 1 aliphatic heterocycles. The van der Waals surface area contributed by atoms with Gasteiger partial charge in [0.2, 0.25) is 0 Å². The van der Waals surface area contributed by atoms with Gasteiger partial charge in [0.15, 0.2) is 0 Å². The molecule has 3 aromatic carbocycles. The molecule has 3 amide bonds. The molecule has 180 valence electrons. The van der Waals surface area contributed by atoms with Crippen LogP contribution in [0.15, 0.2) is 78.9 Å². The molecule has 2 atom stereocenters. The third kappa shape index (κ3) is 5.04. The number of carbonyl (C=O) groups is 2. The van der Waals surface area contributed by atoms with E-state index in [-0.39, 0.29) is 42.3 Å². The first-order valence-electron chi connectivity index (χ1n) is 11.8. The Labute approximate surface area is 202 Å². The summed E-state index contributed by atoms with van der Waals surface area (Å²) in [4.78, 5) is 28.6. The first-order valence-corrected chi connectivity index (χ1v) is 11.8. The number of imide groups is 1. The van der Waals surface area contributed by atoms with Crippen molar-refractivity contribution in [2.75, 3.05) is 6.54 Å². The second kappa shape index (κ2) is 9.86. The van der Waals surface area contributed by atoms with Crippen LogP contribution in [0.2, 0.25) is 0 Å². The van der Waals surface area contributed by atoms with E-state index in [1.165, 1.54) is 29.2 Å². The summed E-state index contributed by atoms with van der Waals surface area (Å²) in [6.07, 6.45) is 1.52. The Kier molecular flexibility index (Phi) is 6.49. The van der Waals surface area contributed by atoms with Gasteiger partial charge >= 0.3 is 12.1 Å². The van der Waals surface area contributed by atoms with Gasteiger partial charge < -0.3 is 9.64 Å². The van der Waals surface area contributed by atoms with E-state index >= 15 is 0 Å². The SMILES string of the molecule is O=C(OCc1ccccc1)N1C(=O)N(CCCC(c2ccc(F)cc2)c2ccc(F)cc2)[C@H]2C[C@H]21. The molecular weight excluding hydrogens is 450 g/mol. The van der Waals surface area contributed by atoms with Crippen LogP contribution in [0, 0.1) is 11.6 Å². The third-order valence-electron chi connectivity index (χ3n) is 6.75. The molecule has 0 aromatic heterocycles. The molecule has 1 saturated heterocycles. The van der Waals surface area contributed by atoms with Gasteiger partial charge in [-0.2, -0.15) is 0 Å². The number of carbonyl (C=O) groups excluding carboxylic acids is 2. The summed E-state index contributed by atoms with van der Waals surface area (Å²) in [5, 5.41) is 0. The number of hydrogen-bond donors (Lipinski definition) is 0. The van der Waals surface area contributed by atoms with Crippen LogP contribution in [0.4, 0.5) is 18.4 Å². The van der Waals surface area contributed by atoms with Crippen molar-refractivity contribution in [3.05, 3.63) is 107 Å². The summed E-state index contributed by atoms with van der Waals surface area (Å²) in [6, 6.07) is 21.6. The van der Waals surface area contributed by atoms with Crippen LogP contribution in [0.3, 0.4) is 0 Å². The van der Waals surface area contributed by atoms with E-state index in [9.17, 15) is 18.4 Å². The van der Waals surface area contributed by atoms with Gasteiger partial charge in [-0.3, -0.25) is 0 Å². The highest BCUT2D eigenvalue weighted by Gasteiger charge is 2.59. The average Bonchev–Trinajstić information content (AvgIpc) is 3.59. The molecule has 0 unspecified atom stereocenters. The van der Waals surface area contributed by atoms with Crippen LogP contribution < -0.4 is 0 Å². The fourth-order valence-corrected chi connectivity index (χ4v) is 4.85. The lowest BCUT2D eigenvalue weighted by Gasteiger charge is -2.23. The number of benzene rings is 3. The lowest BCUT2D eigenvalue weighted by molar-refractivity contribution is 0.102. The molecule has 7 heteroatoms. The Morgan fingerprint density at radius 1 is 0.886 bits per heavy atom. The van der Waals surface area contributed by atoms with Gasteiger partial charge in [0.05, 0.1) is 12.1 Å². The van der Waals surface area contributed by atoms with E-state index in [4.69, 9.17) is 4.74 Å². The first kappa shape index (κ1) is 23.0. The van der Waals surface area contributed by atoms with E-state index < -0.39 is 6.09 Å². The minimum Gasteiger partial charge on any atom is -0.444 e. The average molecular weight is 477 g/mol. The largest absolute Gasteiger partial charge is 0.444 e. The summed E-state index contributed by atoms with van der Waals surface area (Å²) in [7, 11) is 0. The topological polar surface area (TPSA) is 49.9 Å². The number of urea groups is 1. The molecule has 35 heavy (non-hydrogen) atoms. The summed E-state index contributed by atoms with van der Waals surface area (Å²) >= 11 is 0. The molecular formula is C28H26F2N2O3. The van der Waals surface area contributed by atoms with Gasteiger partial charge in [-0.05, 0) is 60.2 Å². The number of fused-ring (bicyclic) bond motifs is 1. The zero-order chi connectivity index (χ0) is 24.4. The first-order chi connectivity index (χ1) is 17.0. The second-order valence-corrected chi connectivity index (χ2v) is 9.05. The molecule has 2 fully saturated rings. The Morgan fingerprint density at radius 3 is 2.09 bits per heavy atom. The number of amides is 3. The van der Waals surface area contributed by atoms with Gasteiger partial charge in [-0.15, -0.1) is 0 Å². The lowest BCUT2D eigenvalue weighted by atomic mass is 9.87. The number of halogens is 2. The Morgan fingerprint density at radius 2 is 1.49 bits per heavy atom. The fraction of sp³-hybridized carbons (Fsp3) is 0.286. The normalized spacial score (nSPS) is 18.7. The monoisotopic (exact) mass is 476 g/mol. The molecule has 1 heterocycles. The van der Waals surface area contributed by atoms with Crippen molar-refractivity contribution in [2.45, 2.75) is 43.9 Å². The van der Waals surface area contributed by atoms with Crippen molar-refractivity contribution in [3.8, 4) is 0 Å². The Bertz CT molecular complexity index is 1140. The maximum Gasteiger partial charge on any atom is 0.418 e. The number of nitrogens with zero attached hydrogens (tertiary/aromatic N) is 2. The quantitative estimate of drug-likeness (QED) is 0.395. The van der Waals surface area contributed by atoms with Crippen LogP contribution in [0.5, 0.6) is 0 Å². The molecule has 1 aliphatic carbocycles. The summed E-state index contributed by atoms with van der Waals surface area (Å²) in [5.41, 5.74) is 2.73. The molecule has 0 radical (unpaired) electrons. The smallest absolute Gasteiger partial charge is 0.418 e. The maximum absolute atomic E-state index is 13.5. The zero-order valence-electron chi connectivity index (χ0n) is 19.1. The van der Waals surface area contributed by atoms with E-state index in [2.05, 4.69) is 0 Å². The van der Waals surface area contributed by atoms with Gasteiger partial charge in [-0.25, -0.2) is 23.3 Å². The van der Waals surface area contributed by atoms with Crippen LogP contribution >= 0.6 is 0 Å². The number of rotatable bonds is 8. The predicted molar refractivity (Wildman–Crippen MR) is 127 cm³/mol. The standard InChI is InChI=1S/C28H26F2N2O3/c29-22-12-8-20(9-13-22)24(21-10-14-23(30)15-11-21)7-4-16-31-25-17-26(25)32(27(31)33)28(34)35-18-19-5-2-1-3-6-19/h1-3,5-6,8-15,24-26H,4,7,16-18H2/t25-,26+/m0/s1. The van der Waals surface area contributed by atoms with Gasteiger partial charge in [0.1, 0.15) is 18.2 Å². The molecule has 2 aliphatic rings. The molecule has 0 bridgehead atoms. The Hall–Kier alpha value is -3.74. The molecule has 3 aromatic rings. The Balaban J connectivity index is 1.21. The van der Waals surface area contributed by atoms with Crippen molar-refractivity contribution in [1.82, 2.24) is 9.80 Å². The van der Waals surface area contributed by atoms with Crippen molar-refractivity contribution >= 4 is 12.1 Å². The molecule has 5 rings (SSSR count). The van der Waals surface area contributed by atoms with Gasteiger partial charge in [0, 0.05) is 12.5 Å². The zero-order valence-corrected chi connectivity index (χ0v) is 19.1. The molecule has 5 nitrogen and oxygen atoms in total. The summed E-state index contributed by atoms with van der Waals surface area (Å²) < 4.78 is 32.3. The highest BCUT2D eigenvalue weighted by molar-refractivity contribution is 5.95. The second-order valence-electron chi connectivity index (χ2n) is 9.05. The maximum atomic E-state index is 13.5. The van der Waals surface area contributed by atoms with Gasteiger partial charge in [-0.1, -0.05) is 54.6 Å². The van der Waals surface area contributed by atoms with Crippen molar-refractivity contribution in [3.63, 3.8) is 0 Å². The van der Waals surface area contributed by atoms with Crippen molar-refractivity contribution in [2.24, 2.45) is 0 Å². The number of hydrogen-bond acceptors (Lipinski definition) is 3. The summed E-state index contributed by atoms with van der Waals surface area (Å²) in [6.45, 7) is 0.624. The lowest BCUT2D eigenvalue weighted by Crippen LogP contribution is -2.41. The molecule has 1 saturated carbocycles. The van der Waals surface area contributed by atoms with E-state index in [0.29, 0.717) is 19.4 Å². The highest BCUT2D eigenvalue weighted by Crippen LogP contribution is 2.42.